The Kier molecular flexibility index (Phi) is 8.55. The molecule has 0 spiro atoms. The van der Waals surface area contributed by atoms with Crippen molar-refractivity contribution in [3.63, 3.8) is 0 Å². The molecule has 0 fully saturated rings. The number of aliphatic hydroxyl groups is 2. The van der Waals surface area contributed by atoms with Crippen LogP contribution in [-0.4, -0.2) is 69.0 Å². The van der Waals surface area contributed by atoms with Crippen molar-refractivity contribution in [2.24, 2.45) is 0 Å². The maximum absolute atomic E-state index is 13.5. The summed E-state index contributed by atoms with van der Waals surface area (Å²) < 4.78 is 57.3. The Bertz CT molecular complexity index is 1200. The smallest absolute Gasteiger partial charge is 0.405 e. The second-order valence-corrected chi connectivity index (χ2v) is 7.43. The highest BCUT2D eigenvalue weighted by molar-refractivity contribution is 5.94. The van der Waals surface area contributed by atoms with Gasteiger partial charge in [-0.1, -0.05) is 11.3 Å². The van der Waals surface area contributed by atoms with Crippen LogP contribution in [0.4, 0.5) is 17.6 Å². The number of halogens is 4. The van der Waals surface area contributed by atoms with E-state index in [0.717, 1.165) is 6.07 Å². The number of amides is 2. The van der Waals surface area contributed by atoms with E-state index in [0.29, 0.717) is 5.69 Å². The van der Waals surface area contributed by atoms with Crippen molar-refractivity contribution < 1.29 is 42.1 Å². The predicted molar refractivity (Wildman–Crippen MR) is 116 cm³/mol. The Morgan fingerprint density at radius 2 is 1.81 bits per heavy atom. The van der Waals surface area contributed by atoms with Crippen LogP contribution in [0.1, 0.15) is 26.5 Å². The van der Waals surface area contributed by atoms with Crippen LogP contribution < -0.4 is 15.4 Å². The number of nitrogens with zero attached hydrogens (tertiary/aromatic N) is 3. The summed E-state index contributed by atoms with van der Waals surface area (Å²) >= 11 is 0. The minimum atomic E-state index is -4.56. The Balaban J connectivity index is 1.85. The number of carbonyl (C=O) groups excluding carboxylic acids is 2. The molecule has 0 aliphatic rings. The minimum absolute atomic E-state index is 0.0448. The summed E-state index contributed by atoms with van der Waals surface area (Å²) in [5.41, 5.74) is 0.173. The summed E-state index contributed by atoms with van der Waals surface area (Å²) in [7, 11) is 0. The third-order valence-corrected chi connectivity index (χ3v) is 4.68. The Morgan fingerprint density at radius 3 is 2.44 bits per heavy atom. The number of rotatable bonds is 10. The standard InChI is InChI=1S/C22H21F4N5O5/c23-14-2-1-3-17(8-14)36-11-18-19(21(35)27-9-16(33)10-32)29-30-31(18)15-6-4-13(5-7-15)20(34)28-12-22(24,25)26/h1-8,16,32-33H,9-12H2,(H,27,35)(H,28,34)/t16-/m0/s1. The quantitative estimate of drug-likeness (QED) is 0.302. The molecule has 14 heteroatoms. The number of hydrogen-bond donors (Lipinski definition) is 4. The molecule has 0 unspecified atom stereocenters. The van der Waals surface area contributed by atoms with E-state index in [1.54, 1.807) is 5.32 Å². The van der Waals surface area contributed by atoms with Gasteiger partial charge in [-0.2, -0.15) is 13.2 Å². The fraction of sp³-hybridized carbons (Fsp3) is 0.273. The first-order valence-electron chi connectivity index (χ1n) is 10.4. The zero-order valence-corrected chi connectivity index (χ0v) is 18.5. The molecular formula is C22H21F4N5O5. The maximum atomic E-state index is 13.5. The zero-order chi connectivity index (χ0) is 26.3. The first-order chi connectivity index (χ1) is 17.1. The average molecular weight is 511 g/mol. The molecule has 3 aromatic rings. The fourth-order valence-corrected chi connectivity index (χ4v) is 2.92. The second-order valence-electron chi connectivity index (χ2n) is 7.43. The van der Waals surface area contributed by atoms with E-state index in [4.69, 9.17) is 9.84 Å². The van der Waals surface area contributed by atoms with Gasteiger partial charge in [0, 0.05) is 18.2 Å². The van der Waals surface area contributed by atoms with E-state index in [2.05, 4.69) is 15.6 Å². The van der Waals surface area contributed by atoms with Crippen LogP contribution in [0.3, 0.4) is 0 Å². The fourth-order valence-electron chi connectivity index (χ4n) is 2.92. The lowest BCUT2D eigenvalue weighted by atomic mass is 10.2. The number of ether oxygens (including phenoxy) is 1. The highest BCUT2D eigenvalue weighted by atomic mass is 19.4. The molecule has 0 saturated carbocycles. The molecule has 2 aromatic carbocycles. The van der Waals surface area contributed by atoms with E-state index in [1.807, 2.05) is 0 Å². The summed E-state index contributed by atoms with van der Waals surface area (Å²) in [5, 5.41) is 30.3. The molecule has 10 nitrogen and oxygen atoms in total. The molecular weight excluding hydrogens is 490 g/mol. The van der Waals surface area contributed by atoms with Crippen LogP contribution in [0, 0.1) is 5.82 Å². The monoisotopic (exact) mass is 511 g/mol. The molecule has 1 aromatic heterocycles. The van der Waals surface area contributed by atoms with Gasteiger partial charge in [-0.3, -0.25) is 9.59 Å². The van der Waals surface area contributed by atoms with E-state index in [9.17, 15) is 32.3 Å². The van der Waals surface area contributed by atoms with E-state index < -0.39 is 43.1 Å². The van der Waals surface area contributed by atoms with Crippen molar-refractivity contribution in [1.29, 1.82) is 0 Å². The van der Waals surface area contributed by atoms with Crippen molar-refractivity contribution in [3.05, 3.63) is 71.3 Å². The highest BCUT2D eigenvalue weighted by Crippen LogP contribution is 2.19. The topological polar surface area (TPSA) is 139 Å². The number of benzene rings is 2. The summed E-state index contributed by atoms with van der Waals surface area (Å²) in [6.45, 7) is -2.63. The van der Waals surface area contributed by atoms with Crippen LogP contribution in [0.25, 0.3) is 5.69 Å². The molecule has 1 heterocycles. The minimum Gasteiger partial charge on any atom is -0.487 e. The van der Waals surface area contributed by atoms with Gasteiger partial charge in [0.1, 0.15) is 30.4 Å². The summed E-state index contributed by atoms with van der Waals surface area (Å²) in [6.07, 6.45) is -5.76. The normalized spacial score (nSPS) is 12.2. The molecule has 0 radical (unpaired) electrons. The van der Waals surface area contributed by atoms with Gasteiger partial charge < -0.3 is 25.6 Å². The molecule has 192 valence electrons. The molecule has 0 aliphatic carbocycles. The van der Waals surface area contributed by atoms with Gasteiger partial charge >= 0.3 is 6.18 Å². The van der Waals surface area contributed by atoms with Crippen molar-refractivity contribution in [3.8, 4) is 11.4 Å². The Hall–Kier alpha value is -4.04. The molecule has 0 bridgehead atoms. The SMILES string of the molecule is O=C(NCC(F)(F)F)c1ccc(-n2nnc(C(=O)NC[C@H](O)CO)c2COc2cccc(F)c2)cc1. The summed E-state index contributed by atoms with van der Waals surface area (Å²) in [5.74, 6) is -2.07. The third-order valence-electron chi connectivity index (χ3n) is 4.68. The van der Waals surface area contributed by atoms with E-state index in [-0.39, 0.29) is 35.9 Å². The molecule has 36 heavy (non-hydrogen) atoms. The van der Waals surface area contributed by atoms with Crippen LogP contribution in [0.2, 0.25) is 0 Å². The number of aliphatic hydroxyl groups excluding tert-OH is 2. The number of alkyl halides is 3. The van der Waals surface area contributed by atoms with E-state index in [1.165, 1.54) is 47.1 Å². The first kappa shape index (κ1) is 26.6. The zero-order valence-electron chi connectivity index (χ0n) is 18.5. The lowest BCUT2D eigenvalue weighted by molar-refractivity contribution is -0.123. The van der Waals surface area contributed by atoms with Crippen LogP contribution in [0.5, 0.6) is 5.75 Å². The number of nitrogens with one attached hydrogen (secondary N) is 2. The van der Waals surface area contributed by atoms with Crippen molar-refractivity contribution in [1.82, 2.24) is 25.6 Å². The molecule has 0 saturated heterocycles. The van der Waals surface area contributed by atoms with Gasteiger partial charge in [0.2, 0.25) is 0 Å². The molecule has 2 amide bonds. The third kappa shape index (κ3) is 7.23. The van der Waals surface area contributed by atoms with Crippen molar-refractivity contribution in [2.45, 2.75) is 18.9 Å². The van der Waals surface area contributed by atoms with Crippen molar-refractivity contribution in [2.75, 3.05) is 19.7 Å². The van der Waals surface area contributed by atoms with E-state index >= 15 is 0 Å². The van der Waals surface area contributed by atoms with Gasteiger partial charge in [-0.25, -0.2) is 9.07 Å². The summed E-state index contributed by atoms with van der Waals surface area (Å²) in [6, 6.07) is 10.5. The molecule has 3 rings (SSSR count). The predicted octanol–water partition coefficient (Wildman–Crippen LogP) is 1.36. The number of aromatic nitrogens is 3. The van der Waals surface area contributed by atoms with Crippen molar-refractivity contribution >= 4 is 11.8 Å². The Labute approximate surface area is 201 Å². The van der Waals surface area contributed by atoms with Gasteiger partial charge in [0.05, 0.1) is 18.4 Å². The van der Waals surface area contributed by atoms with Crippen LogP contribution >= 0.6 is 0 Å². The maximum Gasteiger partial charge on any atom is 0.405 e. The highest BCUT2D eigenvalue weighted by Gasteiger charge is 2.28. The summed E-state index contributed by atoms with van der Waals surface area (Å²) in [4.78, 5) is 24.6. The van der Waals surface area contributed by atoms with Crippen LogP contribution in [-0.2, 0) is 6.61 Å². The second kappa shape index (κ2) is 11.6. The molecule has 0 aliphatic heterocycles. The largest absolute Gasteiger partial charge is 0.487 e. The lowest BCUT2D eigenvalue weighted by Gasteiger charge is -2.12. The van der Waals surface area contributed by atoms with Crippen LogP contribution in [0.15, 0.2) is 48.5 Å². The number of carbonyl (C=O) groups is 2. The van der Waals surface area contributed by atoms with Gasteiger partial charge in [0.25, 0.3) is 11.8 Å². The average Bonchev–Trinajstić information content (AvgIpc) is 3.28. The first-order valence-corrected chi connectivity index (χ1v) is 10.4. The van der Waals surface area contributed by atoms with Gasteiger partial charge in [-0.15, -0.1) is 5.10 Å². The molecule has 1 atom stereocenters. The Morgan fingerprint density at radius 1 is 1.08 bits per heavy atom. The number of hydrogen-bond acceptors (Lipinski definition) is 7. The molecule has 4 N–H and O–H groups in total. The van der Waals surface area contributed by atoms with Gasteiger partial charge in [0.15, 0.2) is 5.69 Å². The lowest BCUT2D eigenvalue weighted by Crippen LogP contribution is -2.34. The van der Waals surface area contributed by atoms with Gasteiger partial charge in [-0.05, 0) is 36.4 Å².